The van der Waals surface area contributed by atoms with Gasteiger partial charge in [0.2, 0.25) is 0 Å². The number of nitrogen functional groups attached to an aromatic ring is 1. The topological polar surface area (TPSA) is 41.3 Å². The molecule has 1 rings (SSSR count). The molecule has 0 fully saturated rings. The Balaban J connectivity index is 2.81. The summed E-state index contributed by atoms with van der Waals surface area (Å²) in [5.74, 6) is 0.631. The summed E-state index contributed by atoms with van der Waals surface area (Å²) in [5, 5.41) is 4.16. The lowest BCUT2D eigenvalue weighted by Gasteiger charge is -2.26. The summed E-state index contributed by atoms with van der Waals surface area (Å²) in [4.78, 5) is 2.17. The molecule has 0 amide bonds. The summed E-state index contributed by atoms with van der Waals surface area (Å²) in [6, 6.07) is 5.95. The molecule has 0 aromatic heterocycles. The molecule has 1 aromatic rings. The van der Waals surface area contributed by atoms with E-state index in [9.17, 15) is 0 Å². The largest absolute Gasteiger partial charge is 0.397 e. The molecule has 0 aliphatic heterocycles. The number of benzene rings is 1. The third-order valence-corrected chi connectivity index (χ3v) is 3.05. The van der Waals surface area contributed by atoms with Crippen LogP contribution in [0.15, 0.2) is 18.2 Å². The normalized spacial score (nSPS) is 13.1. The minimum atomic E-state index is 0.349. The third kappa shape index (κ3) is 4.75. The van der Waals surface area contributed by atoms with Crippen molar-refractivity contribution in [1.82, 2.24) is 4.90 Å². The third-order valence-electron chi connectivity index (χ3n) is 2.74. The molecule has 1 unspecified atom stereocenters. The number of halogens is 1. The lowest BCUT2D eigenvalue weighted by molar-refractivity contribution is 0.356. The van der Waals surface area contributed by atoms with Crippen LogP contribution in [-0.4, -0.2) is 31.6 Å². The first-order valence-electron chi connectivity index (χ1n) is 6.35. The van der Waals surface area contributed by atoms with Crippen molar-refractivity contribution in [3.05, 3.63) is 23.2 Å². The lowest BCUT2D eigenvalue weighted by atomic mass is 10.0. The fourth-order valence-corrected chi connectivity index (χ4v) is 2.32. The lowest BCUT2D eigenvalue weighted by Crippen LogP contribution is -2.33. The number of nitrogens with zero attached hydrogens (tertiary/aromatic N) is 1. The van der Waals surface area contributed by atoms with Crippen LogP contribution >= 0.6 is 11.6 Å². The molecule has 0 bridgehead atoms. The van der Waals surface area contributed by atoms with Crippen LogP contribution in [0.4, 0.5) is 11.4 Å². The molecule has 0 spiro atoms. The number of nitrogens with two attached hydrogens (primary N) is 1. The second-order valence-corrected chi connectivity index (χ2v) is 5.84. The van der Waals surface area contributed by atoms with E-state index in [0.717, 1.165) is 18.7 Å². The van der Waals surface area contributed by atoms with Crippen LogP contribution in [0.2, 0.25) is 5.02 Å². The molecule has 0 radical (unpaired) electrons. The van der Waals surface area contributed by atoms with Crippen molar-refractivity contribution in [3.63, 3.8) is 0 Å². The van der Waals surface area contributed by atoms with Gasteiger partial charge in [-0.15, -0.1) is 0 Å². The van der Waals surface area contributed by atoms with Crippen LogP contribution in [0.1, 0.15) is 20.3 Å². The van der Waals surface area contributed by atoms with Gasteiger partial charge in [0.15, 0.2) is 0 Å². The summed E-state index contributed by atoms with van der Waals surface area (Å²) in [6.07, 6.45) is 1.09. The molecule has 0 aliphatic carbocycles. The molecule has 0 saturated carbocycles. The van der Waals surface area contributed by atoms with Crippen molar-refractivity contribution < 1.29 is 0 Å². The van der Waals surface area contributed by atoms with Gasteiger partial charge in [-0.3, -0.25) is 0 Å². The van der Waals surface area contributed by atoms with E-state index in [0.29, 0.717) is 22.7 Å². The standard InChI is InChI=1S/C14H24ClN3/c1-10(2)8-11(9-18(3)4)17-14-12(15)6-5-7-13(14)16/h5-7,10-11,17H,8-9,16H2,1-4H3. The highest BCUT2D eigenvalue weighted by Crippen LogP contribution is 2.29. The number of rotatable bonds is 6. The maximum Gasteiger partial charge on any atom is 0.0765 e. The maximum atomic E-state index is 6.19. The number of likely N-dealkylation sites (N-methyl/N-ethyl adjacent to an activating group) is 1. The van der Waals surface area contributed by atoms with Gasteiger partial charge in [-0.05, 0) is 38.6 Å². The molecular weight excluding hydrogens is 246 g/mol. The molecule has 0 saturated heterocycles. The van der Waals surface area contributed by atoms with Crippen molar-refractivity contribution in [2.45, 2.75) is 26.3 Å². The first-order chi connectivity index (χ1) is 8.40. The molecule has 4 heteroatoms. The SMILES string of the molecule is CC(C)CC(CN(C)C)Nc1c(N)cccc1Cl. The quantitative estimate of drug-likeness (QED) is 0.779. The van der Waals surface area contributed by atoms with Crippen LogP contribution in [-0.2, 0) is 0 Å². The van der Waals surface area contributed by atoms with Crippen molar-refractivity contribution in [2.24, 2.45) is 5.92 Å². The van der Waals surface area contributed by atoms with Crippen molar-refractivity contribution in [1.29, 1.82) is 0 Å². The van der Waals surface area contributed by atoms with E-state index in [1.165, 1.54) is 0 Å². The van der Waals surface area contributed by atoms with Gasteiger partial charge in [0.05, 0.1) is 16.4 Å². The summed E-state index contributed by atoms with van der Waals surface area (Å²) >= 11 is 6.19. The Morgan fingerprint density at radius 1 is 1.33 bits per heavy atom. The Hall–Kier alpha value is -0.930. The second kappa shape index (κ2) is 6.86. The molecule has 18 heavy (non-hydrogen) atoms. The highest BCUT2D eigenvalue weighted by atomic mass is 35.5. The number of para-hydroxylation sites is 1. The Kier molecular flexibility index (Phi) is 5.76. The van der Waals surface area contributed by atoms with Gasteiger partial charge < -0.3 is 16.0 Å². The number of anilines is 2. The van der Waals surface area contributed by atoms with Gasteiger partial charge in [0, 0.05) is 12.6 Å². The zero-order chi connectivity index (χ0) is 13.7. The van der Waals surface area contributed by atoms with E-state index < -0.39 is 0 Å². The molecule has 102 valence electrons. The predicted molar refractivity (Wildman–Crippen MR) is 81.3 cm³/mol. The molecule has 3 N–H and O–H groups in total. The van der Waals surface area contributed by atoms with Crippen LogP contribution in [0.25, 0.3) is 0 Å². The van der Waals surface area contributed by atoms with E-state index in [-0.39, 0.29) is 0 Å². The fraction of sp³-hybridized carbons (Fsp3) is 0.571. The second-order valence-electron chi connectivity index (χ2n) is 5.44. The summed E-state index contributed by atoms with van der Waals surface area (Å²) in [5.41, 5.74) is 7.53. The van der Waals surface area contributed by atoms with Crippen LogP contribution in [0.3, 0.4) is 0 Å². The van der Waals surface area contributed by atoms with Crippen molar-refractivity contribution in [3.8, 4) is 0 Å². The van der Waals surface area contributed by atoms with Crippen molar-refractivity contribution in [2.75, 3.05) is 31.7 Å². The smallest absolute Gasteiger partial charge is 0.0765 e. The van der Waals surface area contributed by atoms with Crippen LogP contribution in [0.5, 0.6) is 0 Å². The van der Waals surface area contributed by atoms with Gasteiger partial charge >= 0.3 is 0 Å². The Labute approximate surface area is 115 Å². The van der Waals surface area contributed by atoms with Crippen LogP contribution < -0.4 is 11.1 Å². The number of hydrogen-bond acceptors (Lipinski definition) is 3. The monoisotopic (exact) mass is 269 g/mol. The summed E-state index contributed by atoms with van der Waals surface area (Å²) in [7, 11) is 4.15. The van der Waals surface area contributed by atoms with E-state index in [4.69, 9.17) is 17.3 Å². The summed E-state index contributed by atoms with van der Waals surface area (Å²) < 4.78 is 0. The van der Waals surface area contributed by atoms with Crippen LogP contribution in [0, 0.1) is 5.92 Å². The molecular formula is C14H24ClN3. The van der Waals surface area contributed by atoms with Gasteiger partial charge in [-0.1, -0.05) is 31.5 Å². The first-order valence-corrected chi connectivity index (χ1v) is 6.73. The van der Waals surface area contributed by atoms with Gasteiger partial charge in [-0.25, -0.2) is 0 Å². The fourth-order valence-electron chi connectivity index (χ4n) is 2.09. The van der Waals surface area contributed by atoms with E-state index in [1.807, 2.05) is 18.2 Å². The number of nitrogens with one attached hydrogen (secondary N) is 1. The number of hydrogen-bond donors (Lipinski definition) is 2. The molecule has 0 aliphatic rings. The van der Waals surface area contributed by atoms with Crippen molar-refractivity contribution >= 4 is 23.0 Å². The molecule has 3 nitrogen and oxygen atoms in total. The minimum absolute atomic E-state index is 0.349. The van der Waals surface area contributed by atoms with E-state index >= 15 is 0 Å². The highest BCUT2D eigenvalue weighted by molar-refractivity contribution is 6.33. The molecule has 0 heterocycles. The van der Waals surface area contributed by atoms with E-state index in [1.54, 1.807) is 0 Å². The van der Waals surface area contributed by atoms with Gasteiger partial charge in [-0.2, -0.15) is 0 Å². The summed E-state index contributed by atoms with van der Waals surface area (Å²) in [6.45, 7) is 5.41. The average molecular weight is 270 g/mol. The Bertz CT molecular complexity index is 347. The zero-order valence-corrected chi connectivity index (χ0v) is 12.5. The predicted octanol–water partition coefficient (Wildman–Crippen LogP) is 3.31. The zero-order valence-electron chi connectivity index (χ0n) is 11.7. The Morgan fingerprint density at radius 2 is 2.00 bits per heavy atom. The highest BCUT2D eigenvalue weighted by Gasteiger charge is 2.14. The Morgan fingerprint density at radius 3 is 2.50 bits per heavy atom. The first kappa shape index (κ1) is 15.1. The molecule has 1 atom stereocenters. The van der Waals surface area contributed by atoms with Gasteiger partial charge in [0.25, 0.3) is 0 Å². The molecule has 1 aromatic carbocycles. The van der Waals surface area contributed by atoms with Gasteiger partial charge in [0.1, 0.15) is 0 Å². The average Bonchev–Trinajstić information content (AvgIpc) is 2.21. The minimum Gasteiger partial charge on any atom is -0.397 e. The maximum absolute atomic E-state index is 6.19. The van der Waals surface area contributed by atoms with E-state index in [2.05, 4.69) is 38.2 Å².